The molecule has 2 fully saturated rings. The molecule has 212 valence electrons. The highest BCUT2D eigenvalue weighted by molar-refractivity contribution is 7.16. The lowest BCUT2D eigenvalue weighted by molar-refractivity contribution is -0.142. The van der Waals surface area contributed by atoms with Gasteiger partial charge in [0.05, 0.1) is 31.1 Å². The van der Waals surface area contributed by atoms with Gasteiger partial charge in [-0.2, -0.15) is 0 Å². The van der Waals surface area contributed by atoms with E-state index >= 15 is 0 Å². The van der Waals surface area contributed by atoms with E-state index in [4.69, 9.17) is 4.74 Å². The zero-order valence-corrected chi connectivity index (χ0v) is 23.0. The molecule has 13 heteroatoms. The van der Waals surface area contributed by atoms with E-state index in [0.717, 1.165) is 24.3 Å². The molecular weight excluding hydrogens is 542 g/mol. The summed E-state index contributed by atoms with van der Waals surface area (Å²) in [6.45, 7) is 4.67. The largest absolute Gasteiger partial charge is 0.491 e. The maximum Gasteiger partial charge on any atom is 0.306 e. The molecule has 0 unspecified atom stereocenters. The molecule has 0 radical (unpaired) electrons. The average Bonchev–Trinajstić information content (AvgIpc) is 3.54. The number of carbonyl (C=O) groups excluding carboxylic acids is 1. The summed E-state index contributed by atoms with van der Waals surface area (Å²) in [7, 11) is 1.20. The van der Waals surface area contributed by atoms with E-state index in [1.165, 1.54) is 43.0 Å². The predicted molar refractivity (Wildman–Crippen MR) is 146 cm³/mol. The fraction of sp³-hybridized carbons (Fsp3) is 0.444. The van der Waals surface area contributed by atoms with Gasteiger partial charge in [-0.25, -0.2) is 23.7 Å². The van der Waals surface area contributed by atoms with Crippen LogP contribution in [0, 0.1) is 17.6 Å². The number of nitrogens with one attached hydrogen (secondary N) is 1. The number of aromatic nitrogens is 3. The third-order valence-corrected chi connectivity index (χ3v) is 8.43. The number of thiazole rings is 1. The Hall–Kier alpha value is -3.71. The highest BCUT2D eigenvalue weighted by atomic mass is 32.1. The number of carboxylic acids is 1. The molecule has 2 aliphatic heterocycles. The van der Waals surface area contributed by atoms with Crippen molar-refractivity contribution in [2.24, 2.45) is 5.92 Å². The van der Waals surface area contributed by atoms with Gasteiger partial charge in [-0.3, -0.25) is 19.8 Å². The van der Waals surface area contributed by atoms with E-state index in [-0.39, 0.29) is 22.3 Å². The van der Waals surface area contributed by atoms with Gasteiger partial charge < -0.3 is 14.7 Å². The summed E-state index contributed by atoms with van der Waals surface area (Å²) in [5, 5.41) is 12.2. The Labute approximate surface area is 234 Å². The second kappa shape index (κ2) is 11.8. The Bertz CT molecular complexity index is 1370. The lowest BCUT2D eigenvalue weighted by Crippen LogP contribution is -2.36. The molecule has 4 heterocycles. The van der Waals surface area contributed by atoms with Crippen molar-refractivity contribution in [2.45, 2.75) is 45.2 Å². The number of amides is 1. The van der Waals surface area contributed by atoms with Crippen LogP contribution < -0.4 is 15.0 Å². The van der Waals surface area contributed by atoms with Crippen molar-refractivity contribution < 1.29 is 28.2 Å². The van der Waals surface area contributed by atoms with E-state index in [9.17, 15) is 23.5 Å². The SMILES string of the molecule is COc1c(F)cc(-c2nc(NC(=O)c3cnc(N4CCC(C(=O)O)CC4)cn3)sc2CN2CCC[C@H]2C)cc1F. The third-order valence-electron chi connectivity index (χ3n) is 7.47. The van der Waals surface area contributed by atoms with Crippen molar-refractivity contribution in [1.82, 2.24) is 19.9 Å². The quantitative estimate of drug-likeness (QED) is 0.404. The van der Waals surface area contributed by atoms with E-state index in [0.29, 0.717) is 50.0 Å². The summed E-state index contributed by atoms with van der Waals surface area (Å²) in [5.41, 5.74) is 0.730. The van der Waals surface area contributed by atoms with Crippen LogP contribution in [-0.4, -0.2) is 69.6 Å². The molecule has 5 rings (SSSR count). The summed E-state index contributed by atoms with van der Waals surface area (Å²) in [6.07, 6.45) is 6.03. The first-order valence-corrected chi connectivity index (χ1v) is 13.9. The van der Waals surface area contributed by atoms with Crippen molar-refractivity contribution in [3.05, 3.63) is 46.7 Å². The molecular formula is C27H30F2N6O4S. The van der Waals surface area contributed by atoms with Crippen molar-refractivity contribution in [2.75, 3.05) is 37.0 Å². The van der Waals surface area contributed by atoms with E-state index in [2.05, 4.69) is 32.1 Å². The lowest BCUT2D eigenvalue weighted by Gasteiger charge is -2.30. The van der Waals surface area contributed by atoms with Crippen molar-refractivity contribution in [3.8, 4) is 17.0 Å². The average molecular weight is 573 g/mol. The number of rotatable bonds is 8. The van der Waals surface area contributed by atoms with Gasteiger partial charge in [-0.05, 0) is 51.3 Å². The fourth-order valence-corrected chi connectivity index (χ4v) is 6.16. The number of halogens is 2. The summed E-state index contributed by atoms with van der Waals surface area (Å²) < 4.78 is 33.9. The van der Waals surface area contributed by atoms with Crippen LogP contribution >= 0.6 is 11.3 Å². The minimum absolute atomic E-state index is 0.0807. The first-order chi connectivity index (χ1) is 19.2. The maximum absolute atomic E-state index is 14.5. The monoisotopic (exact) mass is 572 g/mol. The van der Waals surface area contributed by atoms with Crippen molar-refractivity contribution in [3.63, 3.8) is 0 Å². The van der Waals surface area contributed by atoms with Gasteiger partial charge in [-0.1, -0.05) is 11.3 Å². The van der Waals surface area contributed by atoms with Gasteiger partial charge in [0.25, 0.3) is 5.91 Å². The number of nitrogens with zero attached hydrogens (tertiary/aromatic N) is 5. The number of aliphatic carboxylic acids is 1. The Morgan fingerprint density at radius 1 is 1.12 bits per heavy atom. The summed E-state index contributed by atoms with van der Waals surface area (Å²) in [5.74, 6) is -3.22. The minimum atomic E-state index is -0.834. The zero-order valence-electron chi connectivity index (χ0n) is 22.2. The molecule has 1 aromatic carbocycles. The summed E-state index contributed by atoms with van der Waals surface area (Å²) in [6, 6.07) is 2.73. The molecule has 0 spiro atoms. The molecule has 2 N–H and O–H groups in total. The number of likely N-dealkylation sites (tertiary alicyclic amines) is 1. The number of carbonyl (C=O) groups is 2. The van der Waals surface area contributed by atoms with Crippen LogP contribution in [0.1, 0.15) is 48.0 Å². The number of anilines is 2. The molecule has 3 aromatic rings. The smallest absolute Gasteiger partial charge is 0.306 e. The van der Waals surface area contributed by atoms with Crippen LogP contribution in [0.25, 0.3) is 11.3 Å². The van der Waals surface area contributed by atoms with Crippen LogP contribution in [0.2, 0.25) is 0 Å². The normalized spacial score (nSPS) is 18.2. The van der Waals surface area contributed by atoms with Gasteiger partial charge in [0.15, 0.2) is 22.5 Å². The van der Waals surface area contributed by atoms with Crippen molar-refractivity contribution in [1.29, 1.82) is 0 Å². The summed E-state index contributed by atoms with van der Waals surface area (Å²) in [4.78, 5) is 42.3. The summed E-state index contributed by atoms with van der Waals surface area (Å²) >= 11 is 1.25. The third kappa shape index (κ3) is 5.89. The topological polar surface area (TPSA) is 121 Å². The Morgan fingerprint density at radius 2 is 1.85 bits per heavy atom. The lowest BCUT2D eigenvalue weighted by atomic mass is 9.97. The maximum atomic E-state index is 14.5. The molecule has 0 aliphatic carbocycles. The van der Waals surface area contributed by atoms with Crippen LogP contribution in [0.15, 0.2) is 24.5 Å². The molecule has 10 nitrogen and oxygen atoms in total. The number of hydrogen-bond donors (Lipinski definition) is 2. The molecule has 40 heavy (non-hydrogen) atoms. The number of piperidine rings is 1. The van der Waals surface area contributed by atoms with Gasteiger partial charge in [0.1, 0.15) is 11.5 Å². The standard InChI is InChI=1S/C27H30F2N6O4S/c1-15-4-3-7-35(15)14-21-23(17-10-18(28)24(39-2)19(29)11-17)32-27(40-21)33-25(36)20-12-31-22(13-30-20)34-8-5-16(6-9-34)26(37)38/h10-13,15-16H,3-9,14H2,1-2H3,(H,37,38)(H,32,33,36)/t15-/m1/s1. The van der Waals surface area contributed by atoms with E-state index in [1.807, 2.05) is 4.90 Å². The fourth-order valence-electron chi connectivity index (χ4n) is 5.16. The number of hydrogen-bond acceptors (Lipinski definition) is 9. The van der Waals surface area contributed by atoms with Crippen LogP contribution in [0.5, 0.6) is 5.75 Å². The molecule has 1 amide bonds. The van der Waals surface area contributed by atoms with E-state index < -0.39 is 29.3 Å². The molecule has 0 saturated carbocycles. The Kier molecular flexibility index (Phi) is 8.22. The molecule has 2 aliphatic rings. The number of benzene rings is 1. The minimum Gasteiger partial charge on any atom is -0.491 e. The highest BCUT2D eigenvalue weighted by Gasteiger charge is 2.27. The van der Waals surface area contributed by atoms with Gasteiger partial charge in [0.2, 0.25) is 0 Å². The number of methoxy groups -OCH3 is 1. The zero-order chi connectivity index (χ0) is 28.4. The Morgan fingerprint density at radius 3 is 2.42 bits per heavy atom. The molecule has 2 aromatic heterocycles. The first kappa shape index (κ1) is 27.8. The van der Waals surface area contributed by atoms with Gasteiger partial charge in [-0.15, -0.1) is 0 Å². The Balaban J connectivity index is 1.34. The second-order valence-corrected chi connectivity index (χ2v) is 11.1. The number of carboxylic acid groups (broad SMARTS) is 1. The second-order valence-electron chi connectivity index (χ2n) is 10.0. The van der Waals surface area contributed by atoms with Crippen LogP contribution in [-0.2, 0) is 11.3 Å². The van der Waals surface area contributed by atoms with Crippen LogP contribution in [0.3, 0.4) is 0 Å². The van der Waals surface area contributed by atoms with Crippen LogP contribution in [0.4, 0.5) is 19.7 Å². The first-order valence-electron chi connectivity index (χ1n) is 13.1. The number of ether oxygens (including phenoxy) is 1. The molecule has 0 bridgehead atoms. The highest BCUT2D eigenvalue weighted by Crippen LogP contribution is 2.36. The molecule has 2 saturated heterocycles. The van der Waals surface area contributed by atoms with E-state index in [1.54, 1.807) is 0 Å². The van der Waals surface area contributed by atoms with Gasteiger partial charge >= 0.3 is 5.97 Å². The van der Waals surface area contributed by atoms with Gasteiger partial charge in [0, 0.05) is 36.1 Å². The van der Waals surface area contributed by atoms with Crippen molar-refractivity contribution >= 4 is 34.2 Å². The molecule has 1 atom stereocenters. The predicted octanol–water partition coefficient (Wildman–Crippen LogP) is 4.42.